The van der Waals surface area contributed by atoms with Gasteiger partial charge < -0.3 is 15.2 Å². The van der Waals surface area contributed by atoms with Crippen LogP contribution in [0, 0.1) is 0 Å². The quantitative estimate of drug-likeness (QED) is 0.875. The van der Waals surface area contributed by atoms with Crippen molar-refractivity contribution in [2.45, 2.75) is 4.90 Å². The van der Waals surface area contributed by atoms with Crippen LogP contribution in [0.3, 0.4) is 0 Å². The maximum atomic E-state index is 12.3. The minimum atomic E-state index is -3.80. The Bertz CT molecular complexity index is 829. The summed E-state index contributed by atoms with van der Waals surface area (Å²) < 4.78 is 37.8. The average Bonchev–Trinajstić information content (AvgIpc) is 2.97. The predicted molar refractivity (Wildman–Crippen MR) is 81.1 cm³/mol. The second-order valence-corrected chi connectivity index (χ2v) is 7.07. The number of hydrogen-bond donors (Lipinski definition) is 2. The Labute approximate surface area is 130 Å². The minimum Gasteiger partial charge on any atom is -0.486 e. The van der Waals surface area contributed by atoms with Crippen LogP contribution in [0.15, 0.2) is 34.5 Å². The van der Waals surface area contributed by atoms with Crippen molar-refractivity contribution < 1.29 is 22.7 Å². The van der Waals surface area contributed by atoms with Crippen LogP contribution >= 0.6 is 11.3 Å². The number of carbonyl (C=O) groups is 1. The molecule has 116 valence electrons. The van der Waals surface area contributed by atoms with Gasteiger partial charge in [0.25, 0.3) is 15.9 Å². The Morgan fingerprint density at radius 1 is 1.18 bits per heavy atom. The van der Waals surface area contributed by atoms with Gasteiger partial charge in [0.2, 0.25) is 0 Å². The molecule has 0 saturated carbocycles. The van der Waals surface area contributed by atoms with Gasteiger partial charge in [-0.3, -0.25) is 9.52 Å². The van der Waals surface area contributed by atoms with E-state index >= 15 is 0 Å². The molecule has 22 heavy (non-hydrogen) atoms. The highest BCUT2D eigenvalue weighted by Gasteiger charge is 2.19. The molecule has 0 fully saturated rings. The third kappa shape index (κ3) is 2.85. The summed E-state index contributed by atoms with van der Waals surface area (Å²) in [6.45, 7) is 0.874. The molecule has 1 aromatic heterocycles. The van der Waals surface area contributed by atoms with Gasteiger partial charge in [0.15, 0.2) is 11.5 Å². The Morgan fingerprint density at radius 3 is 2.59 bits per heavy atom. The fourth-order valence-corrected chi connectivity index (χ4v) is 4.09. The number of thiophene rings is 1. The molecule has 0 unspecified atom stereocenters. The zero-order valence-corrected chi connectivity index (χ0v) is 12.9. The van der Waals surface area contributed by atoms with E-state index in [1.165, 1.54) is 11.4 Å². The van der Waals surface area contributed by atoms with E-state index in [9.17, 15) is 13.2 Å². The van der Waals surface area contributed by atoms with Crippen molar-refractivity contribution in [1.29, 1.82) is 0 Å². The summed E-state index contributed by atoms with van der Waals surface area (Å²) in [7, 11) is -3.80. The van der Waals surface area contributed by atoms with E-state index in [4.69, 9.17) is 15.2 Å². The maximum Gasteiger partial charge on any atom is 0.262 e. The zero-order valence-electron chi connectivity index (χ0n) is 11.2. The largest absolute Gasteiger partial charge is 0.486 e. The van der Waals surface area contributed by atoms with E-state index in [1.54, 1.807) is 18.2 Å². The lowest BCUT2D eigenvalue weighted by atomic mass is 10.3. The van der Waals surface area contributed by atoms with Crippen molar-refractivity contribution in [3.63, 3.8) is 0 Å². The second-order valence-electron chi connectivity index (χ2n) is 4.47. The molecule has 0 radical (unpaired) electrons. The summed E-state index contributed by atoms with van der Waals surface area (Å²) in [5.74, 6) is 0.390. The molecular weight excluding hydrogens is 328 g/mol. The number of hydrogen-bond acceptors (Lipinski definition) is 6. The van der Waals surface area contributed by atoms with E-state index in [-0.39, 0.29) is 9.77 Å². The molecule has 0 bridgehead atoms. The zero-order chi connectivity index (χ0) is 15.7. The van der Waals surface area contributed by atoms with Gasteiger partial charge in [0.1, 0.15) is 13.2 Å². The molecule has 1 aromatic carbocycles. The fourth-order valence-electron chi connectivity index (χ4n) is 1.91. The first-order chi connectivity index (χ1) is 10.5. The average molecular weight is 340 g/mol. The van der Waals surface area contributed by atoms with Gasteiger partial charge in [-0.1, -0.05) is 0 Å². The molecule has 0 aliphatic carbocycles. The summed E-state index contributed by atoms with van der Waals surface area (Å²) in [5.41, 5.74) is 5.47. The van der Waals surface area contributed by atoms with Crippen molar-refractivity contribution >= 4 is 33.0 Å². The van der Waals surface area contributed by atoms with Gasteiger partial charge >= 0.3 is 0 Å². The number of fused-ring (bicyclic) bond motifs is 1. The molecule has 1 amide bonds. The molecule has 1 aliphatic rings. The highest BCUT2D eigenvalue weighted by atomic mass is 32.2. The van der Waals surface area contributed by atoms with E-state index < -0.39 is 15.9 Å². The number of amides is 1. The topological polar surface area (TPSA) is 108 Å². The summed E-state index contributed by atoms with van der Waals surface area (Å²) in [5, 5.41) is 1.36. The fraction of sp³-hybridized carbons (Fsp3) is 0.154. The number of sulfonamides is 1. The number of primary amides is 1. The van der Waals surface area contributed by atoms with Crippen LogP contribution in [0.1, 0.15) is 9.67 Å². The van der Waals surface area contributed by atoms with Crippen molar-refractivity contribution in [2.75, 3.05) is 17.9 Å². The van der Waals surface area contributed by atoms with Crippen LogP contribution in [-0.4, -0.2) is 27.5 Å². The monoisotopic (exact) mass is 340 g/mol. The van der Waals surface area contributed by atoms with Crippen LogP contribution in [0.5, 0.6) is 11.5 Å². The van der Waals surface area contributed by atoms with Crippen LogP contribution in [0.4, 0.5) is 5.69 Å². The summed E-state index contributed by atoms with van der Waals surface area (Å²) in [6, 6.07) is 6.00. The Kier molecular flexibility index (Phi) is 3.67. The molecule has 3 N–H and O–H groups in total. The number of nitrogens with one attached hydrogen (secondary N) is 1. The van der Waals surface area contributed by atoms with E-state index in [2.05, 4.69) is 4.72 Å². The predicted octanol–water partition coefficient (Wildman–Crippen LogP) is 1.42. The molecular formula is C13H12N2O5S2. The SMILES string of the molecule is NC(=O)c1cc(S(=O)(=O)Nc2ccc3c(c2)OCCO3)cs1. The number of rotatable bonds is 4. The summed E-state index contributed by atoms with van der Waals surface area (Å²) >= 11 is 0.980. The lowest BCUT2D eigenvalue weighted by Gasteiger charge is -2.19. The first-order valence-electron chi connectivity index (χ1n) is 6.26. The molecule has 2 heterocycles. The third-order valence-corrected chi connectivity index (χ3v) is 5.38. The normalized spacial score (nSPS) is 13.6. The Hall–Kier alpha value is -2.26. The first-order valence-corrected chi connectivity index (χ1v) is 8.63. The molecule has 3 rings (SSSR count). The summed E-state index contributed by atoms with van der Waals surface area (Å²) in [4.78, 5) is 11.2. The van der Waals surface area contributed by atoms with E-state index in [0.29, 0.717) is 30.4 Å². The lowest BCUT2D eigenvalue weighted by molar-refractivity contribution is 0.100. The van der Waals surface area contributed by atoms with E-state index in [1.807, 2.05) is 0 Å². The van der Waals surface area contributed by atoms with Crippen LogP contribution in [0.2, 0.25) is 0 Å². The van der Waals surface area contributed by atoms with Gasteiger partial charge in [0, 0.05) is 11.4 Å². The smallest absolute Gasteiger partial charge is 0.262 e. The minimum absolute atomic E-state index is 0.0128. The Morgan fingerprint density at radius 2 is 1.91 bits per heavy atom. The number of carbonyl (C=O) groups excluding carboxylic acids is 1. The van der Waals surface area contributed by atoms with Crippen LogP contribution < -0.4 is 19.9 Å². The Balaban J connectivity index is 1.86. The lowest BCUT2D eigenvalue weighted by Crippen LogP contribution is -2.16. The summed E-state index contributed by atoms with van der Waals surface area (Å²) in [6.07, 6.45) is 0. The third-order valence-electron chi connectivity index (χ3n) is 2.92. The number of benzene rings is 1. The first kappa shape index (κ1) is 14.7. The molecule has 0 atom stereocenters. The van der Waals surface area contributed by atoms with Gasteiger partial charge in [-0.05, 0) is 18.2 Å². The van der Waals surface area contributed by atoms with Crippen LogP contribution in [0.25, 0.3) is 0 Å². The standard InChI is InChI=1S/C13H12N2O5S2/c14-13(16)12-6-9(7-21-12)22(17,18)15-8-1-2-10-11(5-8)20-4-3-19-10/h1-2,5-7,15H,3-4H2,(H2,14,16). The number of ether oxygens (including phenoxy) is 2. The van der Waals surface area contributed by atoms with Gasteiger partial charge in [-0.25, -0.2) is 8.42 Å². The molecule has 2 aromatic rings. The molecule has 1 aliphatic heterocycles. The molecule has 9 heteroatoms. The molecule has 0 spiro atoms. The molecule has 7 nitrogen and oxygen atoms in total. The number of anilines is 1. The maximum absolute atomic E-state index is 12.3. The van der Waals surface area contributed by atoms with Crippen molar-refractivity contribution in [3.8, 4) is 11.5 Å². The highest BCUT2D eigenvalue weighted by molar-refractivity contribution is 7.92. The van der Waals surface area contributed by atoms with E-state index in [0.717, 1.165) is 11.3 Å². The van der Waals surface area contributed by atoms with Gasteiger partial charge in [-0.15, -0.1) is 11.3 Å². The highest BCUT2D eigenvalue weighted by Crippen LogP contribution is 2.33. The number of nitrogens with two attached hydrogens (primary N) is 1. The van der Waals surface area contributed by atoms with Gasteiger partial charge in [0.05, 0.1) is 15.5 Å². The second kappa shape index (κ2) is 5.50. The van der Waals surface area contributed by atoms with Crippen molar-refractivity contribution in [1.82, 2.24) is 0 Å². The van der Waals surface area contributed by atoms with Crippen molar-refractivity contribution in [2.24, 2.45) is 5.73 Å². The van der Waals surface area contributed by atoms with Crippen molar-refractivity contribution in [3.05, 3.63) is 34.5 Å². The van der Waals surface area contributed by atoms with Crippen LogP contribution in [-0.2, 0) is 10.0 Å². The van der Waals surface area contributed by atoms with Gasteiger partial charge in [-0.2, -0.15) is 0 Å². The molecule has 0 saturated heterocycles.